The number of ether oxygens (including phenoxy) is 3. The molecule has 0 aromatic carbocycles. The molecule has 1 unspecified atom stereocenters. The number of rotatable bonds is 53. The van der Waals surface area contributed by atoms with Gasteiger partial charge in [0.2, 0.25) is 0 Å². The minimum atomic E-state index is -0.784. The Morgan fingerprint density at radius 3 is 0.847 bits per heavy atom. The predicted octanol–water partition coefficient (Wildman–Crippen LogP) is 20.3. The number of esters is 3. The quantitative estimate of drug-likeness (QED) is 0.0261. The number of carbonyl (C=O) groups is 3. The highest BCUT2D eigenvalue weighted by atomic mass is 16.6. The third kappa shape index (κ3) is 57.0. The van der Waals surface area contributed by atoms with Gasteiger partial charge in [0.15, 0.2) is 6.10 Å². The summed E-state index contributed by atoms with van der Waals surface area (Å²) in [7, 11) is 0. The predicted molar refractivity (Wildman–Crippen MR) is 311 cm³/mol. The van der Waals surface area contributed by atoms with E-state index in [-0.39, 0.29) is 31.1 Å². The lowest BCUT2D eigenvalue weighted by molar-refractivity contribution is -0.167. The molecule has 0 aromatic rings. The third-order valence-corrected chi connectivity index (χ3v) is 12.5. The molecule has 0 rings (SSSR count). The van der Waals surface area contributed by atoms with Gasteiger partial charge in [-0.05, 0) is 103 Å². The Morgan fingerprint density at radius 2 is 0.542 bits per heavy atom. The molecule has 72 heavy (non-hydrogen) atoms. The average molecular weight is 1000 g/mol. The molecular formula is C66H110O6. The Bertz CT molecular complexity index is 1470. The van der Waals surface area contributed by atoms with Crippen LogP contribution in [0.2, 0.25) is 0 Å². The van der Waals surface area contributed by atoms with Crippen LogP contribution in [0.25, 0.3) is 0 Å². The number of hydrogen-bond donors (Lipinski definition) is 0. The normalized spacial score (nSPS) is 12.9. The van der Waals surface area contributed by atoms with Crippen molar-refractivity contribution in [1.29, 1.82) is 0 Å². The molecule has 0 saturated carbocycles. The molecule has 0 N–H and O–H groups in total. The van der Waals surface area contributed by atoms with Gasteiger partial charge in [0, 0.05) is 19.3 Å². The van der Waals surface area contributed by atoms with Gasteiger partial charge in [-0.25, -0.2) is 0 Å². The molecule has 0 bridgehead atoms. The zero-order valence-electron chi connectivity index (χ0n) is 46.9. The summed E-state index contributed by atoms with van der Waals surface area (Å²) in [6, 6.07) is 0. The van der Waals surface area contributed by atoms with Crippen molar-refractivity contribution < 1.29 is 28.6 Å². The van der Waals surface area contributed by atoms with Gasteiger partial charge in [-0.2, -0.15) is 0 Å². The monoisotopic (exact) mass is 999 g/mol. The van der Waals surface area contributed by atoms with Crippen LogP contribution in [0.1, 0.15) is 271 Å². The van der Waals surface area contributed by atoms with Crippen LogP contribution in [-0.2, 0) is 28.6 Å². The fraction of sp³-hybridized carbons (Fsp3) is 0.682. The highest BCUT2D eigenvalue weighted by Crippen LogP contribution is 2.15. The first-order valence-corrected chi connectivity index (χ1v) is 29.9. The molecule has 0 spiro atoms. The summed E-state index contributed by atoms with van der Waals surface area (Å²) in [5.74, 6) is -0.899. The van der Waals surface area contributed by atoms with Crippen molar-refractivity contribution in [1.82, 2.24) is 0 Å². The molecule has 6 heteroatoms. The van der Waals surface area contributed by atoms with Crippen molar-refractivity contribution in [2.45, 2.75) is 277 Å². The van der Waals surface area contributed by atoms with E-state index in [1.165, 1.54) is 103 Å². The van der Waals surface area contributed by atoms with Gasteiger partial charge in [-0.1, -0.05) is 259 Å². The van der Waals surface area contributed by atoms with Crippen LogP contribution in [0.4, 0.5) is 0 Å². The SMILES string of the molecule is CC/C=C\C/C=C\C/C=C\C/C=C\C/C=C\CCCCCCCCCCCC(=O)OCC(COC(=O)CCCCCCCCCC)OC(=O)CCCCCCCCCC/C=C\C/C=C\C/C=C\C/C=C\CC. The largest absolute Gasteiger partial charge is 0.462 e. The first-order chi connectivity index (χ1) is 35.5. The molecule has 1 atom stereocenters. The minimum Gasteiger partial charge on any atom is -0.462 e. The maximum absolute atomic E-state index is 12.9. The average Bonchev–Trinajstić information content (AvgIpc) is 3.38. The molecule has 0 aromatic heterocycles. The van der Waals surface area contributed by atoms with Gasteiger partial charge in [0.1, 0.15) is 13.2 Å². The number of carbonyl (C=O) groups excluding carboxylic acids is 3. The lowest BCUT2D eigenvalue weighted by Crippen LogP contribution is -2.30. The van der Waals surface area contributed by atoms with E-state index in [1.807, 2.05) is 0 Å². The Labute approximate surface area is 444 Å². The van der Waals surface area contributed by atoms with E-state index in [1.54, 1.807) is 0 Å². The summed E-state index contributed by atoms with van der Waals surface area (Å²) in [5, 5.41) is 0. The van der Waals surface area contributed by atoms with Crippen LogP contribution in [0.15, 0.2) is 109 Å². The molecule has 0 aliphatic heterocycles. The van der Waals surface area contributed by atoms with E-state index in [9.17, 15) is 14.4 Å². The number of hydrogen-bond acceptors (Lipinski definition) is 6. The Balaban J connectivity index is 4.25. The second kappa shape index (κ2) is 59.6. The first kappa shape index (κ1) is 68.1. The van der Waals surface area contributed by atoms with Crippen molar-refractivity contribution in [2.75, 3.05) is 13.2 Å². The molecule has 0 heterocycles. The van der Waals surface area contributed by atoms with Crippen molar-refractivity contribution >= 4 is 17.9 Å². The van der Waals surface area contributed by atoms with Crippen molar-refractivity contribution in [3.63, 3.8) is 0 Å². The van der Waals surface area contributed by atoms with Gasteiger partial charge in [-0.3, -0.25) is 14.4 Å². The third-order valence-electron chi connectivity index (χ3n) is 12.5. The summed E-state index contributed by atoms with van der Waals surface area (Å²) >= 11 is 0. The van der Waals surface area contributed by atoms with Gasteiger partial charge in [0.05, 0.1) is 0 Å². The molecule has 0 radical (unpaired) electrons. The van der Waals surface area contributed by atoms with E-state index >= 15 is 0 Å². The molecule has 0 aliphatic rings. The summed E-state index contributed by atoms with van der Waals surface area (Å²) in [6.45, 7) is 6.38. The van der Waals surface area contributed by atoms with E-state index in [4.69, 9.17) is 14.2 Å². The van der Waals surface area contributed by atoms with Crippen LogP contribution in [0, 0.1) is 0 Å². The van der Waals surface area contributed by atoms with Crippen molar-refractivity contribution in [2.24, 2.45) is 0 Å². The lowest BCUT2D eigenvalue weighted by atomic mass is 10.1. The maximum Gasteiger partial charge on any atom is 0.306 e. The zero-order valence-corrected chi connectivity index (χ0v) is 46.9. The Morgan fingerprint density at radius 1 is 0.292 bits per heavy atom. The number of unbranched alkanes of at least 4 members (excludes halogenated alkanes) is 24. The lowest BCUT2D eigenvalue weighted by Gasteiger charge is -2.18. The molecule has 0 fully saturated rings. The first-order valence-electron chi connectivity index (χ1n) is 29.9. The standard InChI is InChI=1S/C66H110O6/c1-4-7-10-13-16-19-21-23-25-27-29-31-32-33-34-36-37-39-41-43-45-47-50-53-56-59-65(68)71-62-63(61-70-64(67)58-55-52-49-18-15-12-9-6-3)72-66(69)60-57-54-51-48-46-44-42-40-38-35-30-28-26-24-22-20-17-14-11-8-5-2/h7-8,10-11,16-17,19-20,23-26,29-31,33-35,63H,4-6,9,12-15,18,21-22,27-28,32,36-62H2,1-3H3/b10-7-,11-8-,19-16-,20-17-,25-23-,26-24-,31-29-,34-33-,35-30-. The Hall–Kier alpha value is -3.93. The zero-order chi connectivity index (χ0) is 52.2. The summed E-state index contributed by atoms with van der Waals surface area (Å²) < 4.78 is 16.8. The minimum absolute atomic E-state index is 0.0828. The molecule has 0 saturated heterocycles. The van der Waals surface area contributed by atoms with Gasteiger partial charge in [-0.15, -0.1) is 0 Å². The van der Waals surface area contributed by atoms with Crippen LogP contribution < -0.4 is 0 Å². The summed E-state index contributed by atoms with van der Waals surface area (Å²) in [5.41, 5.74) is 0. The molecule has 6 nitrogen and oxygen atoms in total. The smallest absolute Gasteiger partial charge is 0.306 e. The maximum atomic E-state index is 12.9. The fourth-order valence-corrected chi connectivity index (χ4v) is 8.11. The highest BCUT2D eigenvalue weighted by molar-refractivity contribution is 5.71. The van der Waals surface area contributed by atoms with Crippen molar-refractivity contribution in [3.8, 4) is 0 Å². The van der Waals surface area contributed by atoms with Crippen molar-refractivity contribution in [3.05, 3.63) is 109 Å². The topological polar surface area (TPSA) is 78.9 Å². The van der Waals surface area contributed by atoms with E-state index in [2.05, 4.69) is 130 Å². The van der Waals surface area contributed by atoms with E-state index < -0.39 is 6.10 Å². The molecule has 0 amide bonds. The number of allylic oxidation sites excluding steroid dienone is 18. The van der Waals surface area contributed by atoms with E-state index in [0.29, 0.717) is 19.3 Å². The van der Waals surface area contributed by atoms with Gasteiger partial charge in [0.25, 0.3) is 0 Å². The second-order valence-electron chi connectivity index (χ2n) is 19.5. The molecular weight excluding hydrogens is 889 g/mol. The molecule has 0 aliphatic carbocycles. The van der Waals surface area contributed by atoms with Crippen LogP contribution in [0.3, 0.4) is 0 Å². The van der Waals surface area contributed by atoms with Crippen LogP contribution >= 0.6 is 0 Å². The Kier molecular flexibility index (Phi) is 56.4. The van der Waals surface area contributed by atoms with Gasteiger partial charge < -0.3 is 14.2 Å². The molecule has 410 valence electrons. The van der Waals surface area contributed by atoms with Crippen LogP contribution in [0.5, 0.6) is 0 Å². The fourth-order valence-electron chi connectivity index (χ4n) is 8.11. The van der Waals surface area contributed by atoms with E-state index in [0.717, 1.165) is 128 Å². The second-order valence-corrected chi connectivity index (χ2v) is 19.5. The van der Waals surface area contributed by atoms with Gasteiger partial charge >= 0.3 is 17.9 Å². The summed E-state index contributed by atoms with van der Waals surface area (Å²) in [6.07, 6.45) is 80.9. The highest BCUT2D eigenvalue weighted by Gasteiger charge is 2.19. The van der Waals surface area contributed by atoms with Crippen LogP contribution in [-0.4, -0.2) is 37.2 Å². The summed E-state index contributed by atoms with van der Waals surface area (Å²) in [4.78, 5) is 38.1.